The predicted molar refractivity (Wildman–Crippen MR) is 113 cm³/mol. The fourth-order valence-electron chi connectivity index (χ4n) is 3.72. The maximum absolute atomic E-state index is 13.1. The van der Waals surface area contributed by atoms with E-state index in [1.165, 1.54) is 4.68 Å². The number of nitrogens with one attached hydrogen (secondary N) is 1. The lowest BCUT2D eigenvalue weighted by Crippen LogP contribution is -2.39. The number of aromatic nitrogens is 3. The van der Waals surface area contributed by atoms with Crippen LogP contribution in [-0.2, 0) is 11.3 Å². The van der Waals surface area contributed by atoms with Crippen molar-refractivity contribution in [3.8, 4) is 5.75 Å². The first-order valence-electron chi connectivity index (χ1n) is 10.0. The molecule has 30 heavy (non-hydrogen) atoms. The molecule has 0 spiro atoms. The van der Waals surface area contributed by atoms with Crippen molar-refractivity contribution in [2.45, 2.75) is 39.8 Å². The van der Waals surface area contributed by atoms with Crippen LogP contribution in [0.4, 0.5) is 0 Å². The van der Waals surface area contributed by atoms with Crippen molar-refractivity contribution < 1.29 is 13.9 Å². The molecule has 1 atom stereocenters. The predicted octanol–water partition coefficient (Wildman–Crippen LogP) is 3.22. The average molecular weight is 408 g/mol. The number of carbonyl (C=O) groups is 1. The van der Waals surface area contributed by atoms with Gasteiger partial charge in [-0.05, 0) is 26.3 Å². The molecule has 0 aliphatic rings. The summed E-state index contributed by atoms with van der Waals surface area (Å²) in [7, 11) is 0. The molecule has 0 aliphatic carbocycles. The fraction of sp³-hybridized carbons (Fsp3) is 0.318. The van der Waals surface area contributed by atoms with Gasteiger partial charge in [0.25, 0.3) is 5.56 Å². The van der Waals surface area contributed by atoms with Crippen molar-refractivity contribution in [1.82, 2.24) is 19.5 Å². The molecule has 4 aromatic rings. The van der Waals surface area contributed by atoms with Gasteiger partial charge in [0.05, 0.1) is 18.4 Å². The Morgan fingerprint density at radius 3 is 2.80 bits per heavy atom. The Morgan fingerprint density at radius 1 is 1.23 bits per heavy atom. The molecule has 4 rings (SSSR count). The number of amides is 1. The molecule has 0 aliphatic heterocycles. The Balaban J connectivity index is 1.64. The summed E-state index contributed by atoms with van der Waals surface area (Å²) in [5.41, 5.74) is 2.37. The minimum absolute atomic E-state index is 0.266. The van der Waals surface area contributed by atoms with Crippen LogP contribution in [0, 0.1) is 6.92 Å². The first-order valence-corrected chi connectivity index (χ1v) is 10.0. The Kier molecular flexibility index (Phi) is 5.31. The lowest BCUT2D eigenvalue weighted by atomic mass is 10.1. The van der Waals surface area contributed by atoms with E-state index >= 15 is 0 Å². The number of rotatable bonds is 7. The largest absolute Gasteiger partial charge is 0.494 e. The molecule has 0 unspecified atom stereocenters. The van der Waals surface area contributed by atoms with Crippen LogP contribution in [0.3, 0.4) is 0 Å². The zero-order valence-corrected chi connectivity index (χ0v) is 17.2. The third kappa shape index (κ3) is 3.34. The fourth-order valence-corrected chi connectivity index (χ4v) is 3.72. The second-order valence-electron chi connectivity index (χ2n) is 7.01. The molecule has 0 radical (unpaired) electrons. The van der Waals surface area contributed by atoms with E-state index in [1.54, 1.807) is 29.7 Å². The SMILES string of the molecule is CCOc1ccccc1CNC(=O)[C@H](CC)n1nc(C)n2c(cc3occc32)c1=O. The number of benzene rings is 1. The summed E-state index contributed by atoms with van der Waals surface area (Å²) in [4.78, 5) is 26.1. The first kappa shape index (κ1) is 19.8. The molecule has 1 N–H and O–H groups in total. The number of hydrogen-bond donors (Lipinski definition) is 1. The summed E-state index contributed by atoms with van der Waals surface area (Å²) in [5, 5.41) is 7.36. The van der Waals surface area contributed by atoms with Gasteiger partial charge in [-0.15, -0.1) is 0 Å². The highest BCUT2D eigenvalue weighted by molar-refractivity contribution is 5.83. The third-order valence-corrected chi connectivity index (χ3v) is 5.14. The van der Waals surface area contributed by atoms with E-state index in [-0.39, 0.29) is 11.5 Å². The van der Waals surface area contributed by atoms with Crippen LogP contribution >= 0.6 is 0 Å². The number of ether oxygens (including phenoxy) is 1. The Labute approximate surface area is 173 Å². The number of nitrogens with zero attached hydrogens (tertiary/aromatic N) is 3. The number of furan rings is 1. The highest BCUT2D eigenvalue weighted by Crippen LogP contribution is 2.21. The Morgan fingerprint density at radius 2 is 2.03 bits per heavy atom. The van der Waals surface area contributed by atoms with E-state index in [1.807, 2.05) is 38.1 Å². The number of aryl methyl sites for hydroxylation is 1. The van der Waals surface area contributed by atoms with Crippen LogP contribution in [-0.4, -0.2) is 26.7 Å². The molecule has 8 heteroatoms. The van der Waals surface area contributed by atoms with Crippen LogP contribution in [0.15, 0.2) is 51.9 Å². The van der Waals surface area contributed by atoms with Gasteiger partial charge < -0.3 is 14.5 Å². The van der Waals surface area contributed by atoms with Gasteiger partial charge in [-0.3, -0.25) is 14.0 Å². The van der Waals surface area contributed by atoms with Gasteiger partial charge in [-0.25, -0.2) is 4.68 Å². The van der Waals surface area contributed by atoms with Crippen LogP contribution in [0.5, 0.6) is 5.75 Å². The van der Waals surface area contributed by atoms with Gasteiger partial charge in [0.1, 0.15) is 23.1 Å². The molecule has 0 bridgehead atoms. The third-order valence-electron chi connectivity index (χ3n) is 5.14. The van der Waals surface area contributed by atoms with Crippen LogP contribution < -0.4 is 15.6 Å². The first-order chi connectivity index (χ1) is 14.5. The molecule has 156 valence electrons. The molecule has 3 aromatic heterocycles. The van der Waals surface area contributed by atoms with Crippen LogP contribution in [0.1, 0.15) is 37.7 Å². The molecule has 1 aromatic carbocycles. The second-order valence-corrected chi connectivity index (χ2v) is 7.01. The molecule has 0 fully saturated rings. The molecular weight excluding hydrogens is 384 g/mol. The highest BCUT2D eigenvalue weighted by Gasteiger charge is 2.24. The lowest BCUT2D eigenvalue weighted by Gasteiger charge is -2.18. The summed E-state index contributed by atoms with van der Waals surface area (Å²) in [6, 6.07) is 10.3. The summed E-state index contributed by atoms with van der Waals surface area (Å²) in [6.45, 7) is 6.42. The number of para-hydroxylation sites is 1. The second kappa shape index (κ2) is 8.06. The van der Waals surface area contributed by atoms with Crippen molar-refractivity contribution >= 4 is 22.5 Å². The molecular formula is C22H24N4O4. The maximum Gasteiger partial charge on any atom is 0.291 e. The van der Waals surface area contributed by atoms with E-state index in [0.717, 1.165) is 16.8 Å². The van der Waals surface area contributed by atoms with E-state index in [9.17, 15) is 9.59 Å². The van der Waals surface area contributed by atoms with Gasteiger partial charge in [-0.1, -0.05) is 25.1 Å². The van der Waals surface area contributed by atoms with E-state index < -0.39 is 6.04 Å². The number of hydrogen-bond acceptors (Lipinski definition) is 5. The summed E-state index contributed by atoms with van der Waals surface area (Å²) in [5.74, 6) is 1.07. The smallest absolute Gasteiger partial charge is 0.291 e. The Bertz CT molecular complexity index is 1270. The van der Waals surface area contributed by atoms with Gasteiger partial charge in [0.2, 0.25) is 5.91 Å². The van der Waals surface area contributed by atoms with Crippen molar-refractivity contribution in [3.05, 3.63) is 64.4 Å². The standard InChI is InChI=1S/C22H24N4O4/c1-4-16(21(27)23-13-15-8-6-7-9-19(15)29-5-2)26-22(28)18-12-20-17(10-11-30-20)25(18)14(3)24-26/h6-12,16H,4-5,13H2,1-3H3,(H,23,27)/t16-/m0/s1. The van der Waals surface area contributed by atoms with Gasteiger partial charge in [0, 0.05) is 24.2 Å². The van der Waals surface area contributed by atoms with Crippen molar-refractivity contribution in [1.29, 1.82) is 0 Å². The zero-order chi connectivity index (χ0) is 21.3. The molecule has 1 amide bonds. The van der Waals surface area contributed by atoms with Crippen LogP contribution in [0.25, 0.3) is 16.6 Å². The summed E-state index contributed by atoms with van der Waals surface area (Å²) < 4.78 is 14.1. The molecule has 3 heterocycles. The molecule has 0 saturated heterocycles. The lowest BCUT2D eigenvalue weighted by molar-refractivity contribution is -0.125. The van der Waals surface area contributed by atoms with Gasteiger partial charge in [0.15, 0.2) is 5.58 Å². The van der Waals surface area contributed by atoms with E-state index in [2.05, 4.69) is 10.4 Å². The Hall–Kier alpha value is -3.55. The minimum Gasteiger partial charge on any atom is -0.494 e. The zero-order valence-electron chi connectivity index (χ0n) is 17.2. The van der Waals surface area contributed by atoms with Gasteiger partial charge in [-0.2, -0.15) is 5.10 Å². The van der Waals surface area contributed by atoms with Crippen molar-refractivity contribution in [3.63, 3.8) is 0 Å². The van der Waals surface area contributed by atoms with Crippen molar-refractivity contribution in [2.24, 2.45) is 0 Å². The quantitative estimate of drug-likeness (QED) is 0.507. The molecule has 8 nitrogen and oxygen atoms in total. The van der Waals surface area contributed by atoms with Crippen molar-refractivity contribution in [2.75, 3.05) is 6.61 Å². The molecule has 0 saturated carbocycles. The summed E-state index contributed by atoms with van der Waals surface area (Å²) in [6.07, 6.45) is 2.00. The normalized spacial score (nSPS) is 12.4. The van der Waals surface area contributed by atoms with E-state index in [4.69, 9.17) is 9.15 Å². The average Bonchev–Trinajstić information content (AvgIpc) is 3.33. The number of carbonyl (C=O) groups excluding carboxylic acids is 1. The van der Waals surface area contributed by atoms with E-state index in [0.29, 0.717) is 36.5 Å². The minimum atomic E-state index is -0.721. The highest BCUT2D eigenvalue weighted by atomic mass is 16.5. The number of fused-ring (bicyclic) bond motifs is 3. The maximum atomic E-state index is 13.1. The van der Waals surface area contributed by atoms with Crippen LogP contribution in [0.2, 0.25) is 0 Å². The van der Waals surface area contributed by atoms with Gasteiger partial charge >= 0.3 is 0 Å². The monoisotopic (exact) mass is 408 g/mol. The topological polar surface area (TPSA) is 90.8 Å². The summed E-state index contributed by atoms with van der Waals surface area (Å²) >= 11 is 0.